The predicted molar refractivity (Wildman–Crippen MR) is 167 cm³/mol. The van der Waals surface area contributed by atoms with Gasteiger partial charge in [-0.15, -0.1) is 53.6 Å². The third-order valence-corrected chi connectivity index (χ3v) is 8.75. The Hall–Kier alpha value is -3.24. The fraction of sp³-hybridized carbons (Fsp3) is 0.229. The number of rotatable bonds is 6. The molecule has 3 aromatic heterocycles. The Morgan fingerprint density at radius 3 is 2.05 bits per heavy atom. The van der Waals surface area contributed by atoms with Crippen molar-refractivity contribution in [2.24, 2.45) is 0 Å². The Kier molecular flexibility index (Phi) is 11.3. The van der Waals surface area contributed by atoms with E-state index in [4.69, 9.17) is 0 Å². The molecule has 40 heavy (non-hydrogen) atoms. The van der Waals surface area contributed by atoms with Crippen molar-refractivity contribution in [2.45, 2.75) is 52.8 Å². The predicted octanol–water partition coefficient (Wildman–Crippen LogP) is 8.39. The van der Waals surface area contributed by atoms with Crippen LogP contribution in [0.2, 0.25) is 19.6 Å². The molecule has 3 nitrogen and oxygen atoms in total. The minimum Gasteiger partial charge on any atom is -0.360 e. The maximum atomic E-state index is 4.63. The molecule has 0 bridgehead atoms. The Morgan fingerprint density at radius 2 is 1.45 bits per heavy atom. The van der Waals surface area contributed by atoms with E-state index in [0.29, 0.717) is 5.92 Å². The van der Waals surface area contributed by atoms with Crippen molar-refractivity contribution in [1.29, 1.82) is 0 Å². The molecule has 0 N–H and O–H groups in total. The summed E-state index contributed by atoms with van der Waals surface area (Å²) in [7, 11) is -1.30. The van der Waals surface area contributed by atoms with Gasteiger partial charge in [-0.05, 0) is 45.6 Å². The molecule has 0 spiro atoms. The molecule has 0 aliphatic heterocycles. The molecule has 0 unspecified atom stereocenters. The van der Waals surface area contributed by atoms with Crippen molar-refractivity contribution in [1.82, 2.24) is 15.0 Å². The van der Waals surface area contributed by atoms with Gasteiger partial charge in [-0.1, -0.05) is 101 Å². The first-order valence-electron chi connectivity index (χ1n) is 13.6. The zero-order chi connectivity index (χ0) is 27.8. The standard InChI is InChI=1S/C19H17N2.C16H20NSi.Ir/c1-14(2)18-13-21-19(16-9-6-10-20-12-16)11-17(18)15-7-4-3-5-8-15;1-5-13-11-15(14-9-7-6-8-10-14)17-12-16(13)18(2,3)4;/h3-8,10-14H,1-2H3;6-9,11-12H,5H2,1-4H3;/q2*-1;. The molecule has 0 amide bonds. The van der Waals surface area contributed by atoms with Crippen LogP contribution in [-0.4, -0.2) is 23.0 Å². The van der Waals surface area contributed by atoms with Crippen LogP contribution in [0.25, 0.3) is 33.6 Å². The van der Waals surface area contributed by atoms with Crippen LogP contribution in [0, 0.1) is 12.1 Å². The average Bonchev–Trinajstić information content (AvgIpc) is 2.97. The van der Waals surface area contributed by atoms with Crippen molar-refractivity contribution >= 4 is 13.3 Å². The molecule has 0 atom stereocenters. The van der Waals surface area contributed by atoms with E-state index in [2.05, 4.69) is 116 Å². The van der Waals surface area contributed by atoms with E-state index < -0.39 is 8.07 Å². The van der Waals surface area contributed by atoms with Crippen molar-refractivity contribution in [3.8, 4) is 33.6 Å². The van der Waals surface area contributed by atoms with Crippen LogP contribution in [0.1, 0.15) is 37.8 Å². The molecule has 3 heterocycles. The van der Waals surface area contributed by atoms with Crippen LogP contribution in [0.5, 0.6) is 0 Å². The molecule has 2 aromatic carbocycles. The van der Waals surface area contributed by atoms with Crippen LogP contribution < -0.4 is 5.19 Å². The zero-order valence-corrected chi connectivity index (χ0v) is 27.6. The van der Waals surface area contributed by atoms with Crippen molar-refractivity contribution in [2.75, 3.05) is 0 Å². The quantitative estimate of drug-likeness (QED) is 0.131. The molecule has 5 heteroatoms. The monoisotopic (exact) mass is 720 g/mol. The fourth-order valence-corrected chi connectivity index (χ4v) is 6.24. The van der Waals surface area contributed by atoms with Gasteiger partial charge in [-0.3, -0.25) is 0 Å². The molecule has 207 valence electrons. The van der Waals surface area contributed by atoms with Crippen molar-refractivity contribution in [3.63, 3.8) is 0 Å². The van der Waals surface area contributed by atoms with Crippen molar-refractivity contribution in [3.05, 3.63) is 121 Å². The Labute approximate surface area is 254 Å². The Bertz CT molecular complexity index is 1480. The number of nitrogens with zero attached hydrogens (tertiary/aromatic N) is 3. The molecule has 5 aromatic rings. The minimum absolute atomic E-state index is 0. The summed E-state index contributed by atoms with van der Waals surface area (Å²) in [5.41, 5.74) is 9.09. The van der Waals surface area contributed by atoms with E-state index >= 15 is 0 Å². The van der Waals surface area contributed by atoms with Gasteiger partial charge in [0.15, 0.2) is 0 Å². The van der Waals surface area contributed by atoms with Gasteiger partial charge >= 0.3 is 0 Å². The third-order valence-electron chi connectivity index (χ3n) is 6.68. The van der Waals surface area contributed by atoms with E-state index in [9.17, 15) is 0 Å². The second-order valence-electron chi connectivity index (χ2n) is 10.9. The maximum absolute atomic E-state index is 4.63. The number of pyridine rings is 3. The summed E-state index contributed by atoms with van der Waals surface area (Å²) in [6, 6.07) is 31.1. The van der Waals surface area contributed by atoms with Gasteiger partial charge in [0.2, 0.25) is 0 Å². The normalized spacial score (nSPS) is 10.9. The molecule has 0 aliphatic rings. The summed E-state index contributed by atoms with van der Waals surface area (Å²) in [6.07, 6.45) is 8.66. The molecule has 0 saturated carbocycles. The topological polar surface area (TPSA) is 38.7 Å². The van der Waals surface area contributed by atoms with Gasteiger partial charge in [-0.2, -0.15) is 0 Å². The molecule has 0 aliphatic carbocycles. The van der Waals surface area contributed by atoms with Crippen LogP contribution in [0.3, 0.4) is 0 Å². The molecule has 1 radical (unpaired) electrons. The first-order chi connectivity index (χ1) is 18.8. The number of hydrogen-bond donors (Lipinski definition) is 0. The SMILES string of the molecule is CC(C)c1cnc(-c2[c-]ccnc2)cc1-c1ccccc1.CCc1cc(-c2[c-]cccc2)ncc1[Si](C)(C)C.[Ir]. The average molecular weight is 720 g/mol. The molecule has 0 fully saturated rings. The van der Waals surface area contributed by atoms with Crippen LogP contribution in [0.4, 0.5) is 0 Å². The largest absolute Gasteiger partial charge is 0.360 e. The molecule has 0 saturated heterocycles. The van der Waals surface area contributed by atoms with E-state index in [1.54, 1.807) is 12.4 Å². The first kappa shape index (κ1) is 31.3. The summed E-state index contributed by atoms with van der Waals surface area (Å²) >= 11 is 0. The number of aromatic nitrogens is 3. The summed E-state index contributed by atoms with van der Waals surface area (Å²) in [4.78, 5) is 13.4. The van der Waals surface area contributed by atoms with Crippen LogP contribution >= 0.6 is 0 Å². The van der Waals surface area contributed by atoms with E-state index in [1.165, 1.54) is 27.4 Å². The Balaban J connectivity index is 0.000000218. The molecular weight excluding hydrogens is 683 g/mol. The second-order valence-corrected chi connectivity index (χ2v) is 16.0. The van der Waals surface area contributed by atoms with Crippen LogP contribution in [-0.2, 0) is 26.5 Å². The van der Waals surface area contributed by atoms with Gasteiger partial charge in [-0.25, -0.2) is 0 Å². The third kappa shape index (κ3) is 7.91. The van der Waals surface area contributed by atoms with Gasteiger partial charge in [0, 0.05) is 32.5 Å². The molecular formula is C35H37IrN3Si-2. The fourth-order valence-electron chi connectivity index (χ4n) is 4.57. The smallest absolute Gasteiger partial charge is 0.0798 e. The number of benzene rings is 2. The van der Waals surface area contributed by atoms with Gasteiger partial charge in [0.25, 0.3) is 0 Å². The Morgan fingerprint density at radius 1 is 0.775 bits per heavy atom. The van der Waals surface area contributed by atoms with Gasteiger partial charge in [0.1, 0.15) is 0 Å². The van der Waals surface area contributed by atoms with Crippen LogP contribution in [0.15, 0.2) is 97.6 Å². The van der Waals surface area contributed by atoms with Crippen molar-refractivity contribution < 1.29 is 20.1 Å². The maximum Gasteiger partial charge on any atom is 0.0798 e. The molecule has 5 rings (SSSR count). The zero-order valence-electron chi connectivity index (χ0n) is 24.2. The minimum atomic E-state index is -1.30. The van der Waals surface area contributed by atoms with E-state index in [0.717, 1.165) is 28.9 Å². The number of aryl methyl sites for hydroxylation is 1. The van der Waals surface area contributed by atoms with Gasteiger partial charge in [0.05, 0.1) is 8.07 Å². The van der Waals surface area contributed by atoms with E-state index in [1.807, 2.05) is 36.5 Å². The first-order valence-corrected chi connectivity index (χ1v) is 17.1. The summed E-state index contributed by atoms with van der Waals surface area (Å²) < 4.78 is 0. The summed E-state index contributed by atoms with van der Waals surface area (Å²) in [6.45, 7) is 13.7. The summed E-state index contributed by atoms with van der Waals surface area (Å²) in [5.74, 6) is 0.430. The number of hydrogen-bond acceptors (Lipinski definition) is 3. The van der Waals surface area contributed by atoms with Gasteiger partial charge < -0.3 is 15.0 Å². The van der Waals surface area contributed by atoms with E-state index in [-0.39, 0.29) is 20.1 Å². The summed E-state index contributed by atoms with van der Waals surface area (Å²) in [5, 5.41) is 1.48. The second kappa shape index (κ2) is 14.4.